The molecule has 3 amide bonds. The fourth-order valence-electron chi connectivity index (χ4n) is 5.39. The number of ether oxygens (including phenoxy) is 2. The maximum atomic E-state index is 13.6. The number of piperidine rings is 1. The highest BCUT2D eigenvalue weighted by Gasteiger charge is 2.39. The number of rotatable bonds is 10. The van der Waals surface area contributed by atoms with Gasteiger partial charge in [0.1, 0.15) is 0 Å². The molecule has 2 heterocycles. The Kier molecular flexibility index (Phi) is 8.39. The fourth-order valence-corrected chi connectivity index (χ4v) is 5.39. The number of benzene rings is 2. The van der Waals surface area contributed by atoms with Crippen LogP contribution in [0.4, 0.5) is 5.69 Å². The van der Waals surface area contributed by atoms with Crippen LogP contribution >= 0.6 is 0 Å². The molecule has 0 N–H and O–H groups in total. The molecule has 1 fully saturated rings. The van der Waals surface area contributed by atoms with Crippen LogP contribution in [-0.4, -0.2) is 74.5 Å². The first-order valence-corrected chi connectivity index (χ1v) is 13.2. The van der Waals surface area contributed by atoms with E-state index in [0.29, 0.717) is 48.7 Å². The van der Waals surface area contributed by atoms with E-state index in [1.165, 1.54) is 4.90 Å². The lowest BCUT2D eigenvalue weighted by molar-refractivity contribution is -0.135. The Hall–Kier alpha value is -3.81. The van der Waals surface area contributed by atoms with Crippen molar-refractivity contribution < 1.29 is 23.9 Å². The molecule has 1 saturated heterocycles. The van der Waals surface area contributed by atoms with Gasteiger partial charge in [0.25, 0.3) is 11.8 Å². The summed E-state index contributed by atoms with van der Waals surface area (Å²) in [5.74, 6) is 0.622. The molecular formula is C30H37N3O5. The minimum atomic E-state index is -0.285. The lowest BCUT2D eigenvalue weighted by Crippen LogP contribution is -2.45. The maximum Gasteiger partial charge on any atom is 0.263 e. The molecule has 0 spiro atoms. The first kappa shape index (κ1) is 27.2. The molecule has 0 saturated carbocycles. The van der Waals surface area contributed by atoms with Gasteiger partial charge in [0.05, 0.1) is 37.0 Å². The summed E-state index contributed by atoms with van der Waals surface area (Å²) in [5, 5.41) is 0. The first-order valence-electron chi connectivity index (χ1n) is 13.2. The molecule has 38 heavy (non-hydrogen) atoms. The smallest absolute Gasteiger partial charge is 0.263 e. The van der Waals surface area contributed by atoms with Gasteiger partial charge in [0.15, 0.2) is 11.5 Å². The van der Waals surface area contributed by atoms with E-state index in [2.05, 4.69) is 11.5 Å². The van der Waals surface area contributed by atoms with Crippen molar-refractivity contribution in [3.63, 3.8) is 0 Å². The van der Waals surface area contributed by atoms with Crippen molar-refractivity contribution in [1.29, 1.82) is 0 Å². The van der Waals surface area contributed by atoms with E-state index in [1.54, 1.807) is 20.3 Å². The number of hydrogen-bond donors (Lipinski definition) is 0. The zero-order valence-electron chi connectivity index (χ0n) is 22.8. The van der Waals surface area contributed by atoms with Gasteiger partial charge in [0, 0.05) is 32.7 Å². The molecule has 202 valence electrons. The predicted octanol–water partition coefficient (Wildman–Crippen LogP) is 4.18. The second-order valence-electron chi connectivity index (χ2n) is 10.00. The summed E-state index contributed by atoms with van der Waals surface area (Å²) in [6.07, 6.45) is 2.15. The Morgan fingerprint density at radius 1 is 1.11 bits per heavy atom. The highest BCUT2D eigenvalue weighted by atomic mass is 16.5. The van der Waals surface area contributed by atoms with E-state index in [-0.39, 0.29) is 30.2 Å². The molecule has 2 aliphatic rings. The Morgan fingerprint density at radius 2 is 1.87 bits per heavy atom. The van der Waals surface area contributed by atoms with Gasteiger partial charge in [-0.2, -0.15) is 0 Å². The third kappa shape index (κ3) is 5.39. The Bertz CT molecular complexity index is 1240. The second kappa shape index (κ2) is 11.7. The number of nitrogens with zero attached hydrogens (tertiary/aromatic N) is 3. The van der Waals surface area contributed by atoms with Gasteiger partial charge >= 0.3 is 0 Å². The second-order valence-corrected chi connectivity index (χ2v) is 10.00. The standard InChI is InChI=1S/C30H37N3O5/c1-6-31(18-20(2)3)28(34)22-9-8-15-32(19-22)24-11-7-10-23-27(24)30(36)33(29(23)35)16-14-21-12-13-25(37-4)26(17-21)38-5/h7,10-13,17,22H,2,6,8-9,14-16,18-19H2,1,3-5H3. The van der Waals surface area contributed by atoms with Crippen LogP contribution in [0.1, 0.15) is 53.0 Å². The van der Waals surface area contributed by atoms with Crippen LogP contribution in [0.5, 0.6) is 11.5 Å². The van der Waals surface area contributed by atoms with Crippen molar-refractivity contribution in [1.82, 2.24) is 9.80 Å². The number of amides is 3. The Balaban J connectivity index is 1.51. The summed E-state index contributed by atoms with van der Waals surface area (Å²) in [6, 6.07) is 11.0. The number of hydrogen-bond acceptors (Lipinski definition) is 6. The molecule has 0 bridgehead atoms. The van der Waals surface area contributed by atoms with E-state index in [0.717, 1.165) is 36.2 Å². The topological polar surface area (TPSA) is 79.4 Å². The molecule has 2 aromatic rings. The molecule has 4 rings (SSSR count). The van der Waals surface area contributed by atoms with Crippen molar-refractivity contribution in [3.8, 4) is 11.5 Å². The van der Waals surface area contributed by atoms with Crippen molar-refractivity contribution in [2.24, 2.45) is 5.92 Å². The fraction of sp³-hybridized carbons (Fsp3) is 0.433. The molecule has 8 nitrogen and oxygen atoms in total. The number of imide groups is 1. The summed E-state index contributed by atoms with van der Waals surface area (Å²) in [6.45, 7) is 10.6. The Labute approximate surface area is 224 Å². The zero-order chi connectivity index (χ0) is 27.4. The number of carbonyl (C=O) groups excluding carboxylic acids is 3. The van der Waals surface area contributed by atoms with Crippen LogP contribution in [0.15, 0.2) is 48.6 Å². The van der Waals surface area contributed by atoms with Crippen molar-refractivity contribution in [3.05, 3.63) is 65.2 Å². The van der Waals surface area contributed by atoms with E-state index in [9.17, 15) is 14.4 Å². The van der Waals surface area contributed by atoms with E-state index >= 15 is 0 Å². The Morgan fingerprint density at radius 3 is 2.55 bits per heavy atom. The van der Waals surface area contributed by atoms with E-state index in [4.69, 9.17) is 9.47 Å². The molecule has 0 aromatic heterocycles. The van der Waals surface area contributed by atoms with Crippen molar-refractivity contribution in [2.45, 2.75) is 33.1 Å². The summed E-state index contributed by atoms with van der Waals surface area (Å²) in [7, 11) is 3.16. The summed E-state index contributed by atoms with van der Waals surface area (Å²) < 4.78 is 10.7. The van der Waals surface area contributed by atoms with Gasteiger partial charge in [-0.05, 0) is 62.9 Å². The van der Waals surface area contributed by atoms with Gasteiger partial charge in [-0.25, -0.2) is 0 Å². The average Bonchev–Trinajstić information content (AvgIpc) is 3.18. The van der Waals surface area contributed by atoms with Crippen molar-refractivity contribution >= 4 is 23.4 Å². The molecule has 0 aliphatic carbocycles. The molecule has 1 unspecified atom stereocenters. The normalized spacial score (nSPS) is 16.9. The zero-order valence-corrected chi connectivity index (χ0v) is 22.8. The minimum Gasteiger partial charge on any atom is -0.493 e. The summed E-state index contributed by atoms with van der Waals surface area (Å²) in [5.41, 5.74) is 3.48. The van der Waals surface area contributed by atoms with Crippen LogP contribution in [0, 0.1) is 5.92 Å². The summed E-state index contributed by atoms with van der Waals surface area (Å²) in [4.78, 5) is 45.3. The maximum absolute atomic E-state index is 13.6. The molecule has 1 atom stereocenters. The highest BCUT2D eigenvalue weighted by molar-refractivity contribution is 6.23. The number of likely N-dealkylation sites (N-methyl/N-ethyl adjacent to an activating group) is 1. The van der Waals surface area contributed by atoms with Crippen LogP contribution in [0.25, 0.3) is 0 Å². The lowest BCUT2D eigenvalue weighted by Gasteiger charge is -2.36. The molecule has 2 aromatic carbocycles. The van der Waals surface area contributed by atoms with Gasteiger partial charge in [0.2, 0.25) is 5.91 Å². The third-order valence-electron chi connectivity index (χ3n) is 7.31. The molecular weight excluding hydrogens is 482 g/mol. The monoisotopic (exact) mass is 519 g/mol. The average molecular weight is 520 g/mol. The molecule has 2 aliphatic heterocycles. The van der Waals surface area contributed by atoms with Crippen LogP contribution in [0.3, 0.4) is 0 Å². The lowest BCUT2D eigenvalue weighted by atomic mass is 9.94. The van der Waals surface area contributed by atoms with E-state index < -0.39 is 0 Å². The van der Waals surface area contributed by atoms with Crippen LogP contribution < -0.4 is 14.4 Å². The van der Waals surface area contributed by atoms with Crippen LogP contribution in [-0.2, 0) is 11.2 Å². The first-order chi connectivity index (χ1) is 18.3. The van der Waals surface area contributed by atoms with Gasteiger partial charge in [-0.3, -0.25) is 19.3 Å². The third-order valence-corrected chi connectivity index (χ3v) is 7.31. The largest absolute Gasteiger partial charge is 0.493 e. The van der Waals surface area contributed by atoms with Gasteiger partial charge in [-0.15, -0.1) is 0 Å². The number of carbonyl (C=O) groups is 3. The van der Waals surface area contributed by atoms with E-state index in [1.807, 2.05) is 49.1 Å². The minimum absolute atomic E-state index is 0.117. The number of fused-ring (bicyclic) bond motifs is 1. The van der Waals surface area contributed by atoms with Crippen LogP contribution in [0.2, 0.25) is 0 Å². The number of methoxy groups -OCH3 is 2. The quantitative estimate of drug-likeness (QED) is 0.346. The van der Waals surface area contributed by atoms with Gasteiger partial charge in [-0.1, -0.05) is 24.3 Å². The highest BCUT2D eigenvalue weighted by Crippen LogP contribution is 2.35. The molecule has 8 heteroatoms. The molecule has 0 radical (unpaired) electrons. The number of anilines is 1. The summed E-state index contributed by atoms with van der Waals surface area (Å²) >= 11 is 0. The predicted molar refractivity (Wildman–Crippen MR) is 147 cm³/mol. The van der Waals surface area contributed by atoms with Crippen molar-refractivity contribution in [2.75, 3.05) is 51.8 Å². The van der Waals surface area contributed by atoms with Gasteiger partial charge < -0.3 is 19.3 Å². The SMILES string of the molecule is C=C(C)CN(CC)C(=O)C1CCCN(c2cccc3c2C(=O)N(CCc2ccc(OC)c(OC)c2)C3=O)C1.